The number of nitrogens with one attached hydrogen (secondary N) is 2. The van der Waals surface area contributed by atoms with Crippen LogP contribution in [0.5, 0.6) is 0 Å². The maximum absolute atomic E-state index is 15.3. The molecule has 1 aromatic heterocycles. The second-order valence-corrected chi connectivity index (χ2v) is 14.2. The van der Waals surface area contributed by atoms with Gasteiger partial charge in [-0.05, 0) is 82.7 Å². The molecule has 2 aliphatic heterocycles. The molecule has 13 heteroatoms. The average molecular weight is 626 g/mol. The largest absolute Gasteiger partial charge is 0.351 e. The van der Waals surface area contributed by atoms with Gasteiger partial charge in [-0.1, -0.05) is 12.1 Å². The van der Waals surface area contributed by atoms with Crippen LogP contribution in [0.4, 0.5) is 26.1 Å². The lowest BCUT2D eigenvalue weighted by molar-refractivity contribution is -0.131. The zero-order valence-corrected chi connectivity index (χ0v) is 25.9. The number of aromatic nitrogens is 2. The highest BCUT2D eigenvalue weighted by Crippen LogP contribution is 2.42. The van der Waals surface area contributed by atoms with Crippen LogP contribution in [0, 0.1) is 11.6 Å². The predicted octanol–water partition coefficient (Wildman–Crippen LogP) is 3.71. The fourth-order valence-electron chi connectivity index (χ4n) is 6.65. The van der Waals surface area contributed by atoms with Crippen LogP contribution in [0.15, 0.2) is 48.7 Å². The number of sulfonamides is 1. The molecule has 1 aliphatic carbocycles. The SMILES string of the molecule is CN1CC2(C1)C(=O)N(c1ccc(NS(=O)(=O)Cc3ccc(F)cc3)c(F)c1)Cc1cnc(NC3CCC(N(C)C)CC3)nc12. The quantitative estimate of drug-likeness (QED) is 0.390. The van der Waals surface area contributed by atoms with Gasteiger partial charge in [0.2, 0.25) is 21.9 Å². The molecule has 3 heterocycles. The zero-order chi connectivity index (χ0) is 31.2. The molecule has 3 aliphatic rings. The number of halogens is 2. The number of anilines is 3. The molecular formula is C31H37F2N7O3S. The van der Waals surface area contributed by atoms with Gasteiger partial charge in [0, 0.05) is 42.6 Å². The Hall–Kier alpha value is -3.68. The number of fused-ring (bicyclic) bond motifs is 2. The van der Waals surface area contributed by atoms with Crippen LogP contribution in [0.25, 0.3) is 0 Å². The number of carbonyl (C=O) groups excluding carboxylic acids is 1. The van der Waals surface area contributed by atoms with Crippen molar-refractivity contribution in [3.63, 3.8) is 0 Å². The average Bonchev–Trinajstić information content (AvgIpc) is 2.96. The fraction of sp³-hybridized carbons (Fsp3) is 0.452. The third-order valence-corrected chi connectivity index (χ3v) is 10.2. The third-order valence-electron chi connectivity index (χ3n) is 8.94. The van der Waals surface area contributed by atoms with Crippen LogP contribution in [0.1, 0.15) is 42.5 Å². The molecule has 0 bridgehead atoms. The van der Waals surface area contributed by atoms with E-state index in [2.05, 4.69) is 34.0 Å². The summed E-state index contributed by atoms with van der Waals surface area (Å²) in [5, 5.41) is 3.49. The normalized spacial score (nSPS) is 21.7. The molecule has 2 aromatic carbocycles. The molecule has 1 saturated heterocycles. The Balaban J connectivity index is 1.20. The van der Waals surface area contributed by atoms with Crippen molar-refractivity contribution in [3.8, 4) is 0 Å². The van der Waals surface area contributed by atoms with Crippen LogP contribution in [0.3, 0.4) is 0 Å². The Kier molecular flexibility index (Phi) is 8.05. The monoisotopic (exact) mass is 625 g/mol. The van der Waals surface area contributed by atoms with Crippen LogP contribution >= 0.6 is 0 Å². The number of benzene rings is 2. The van der Waals surface area contributed by atoms with Gasteiger partial charge in [-0.15, -0.1) is 0 Å². The predicted molar refractivity (Wildman–Crippen MR) is 165 cm³/mol. The van der Waals surface area contributed by atoms with Gasteiger partial charge < -0.3 is 20.0 Å². The number of likely N-dealkylation sites (N-methyl/N-ethyl adjacent to an activating group) is 1. The number of amides is 1. The highest BCUT2D eigenvalue weighted by molar-refractivity contribution is 7.91. The summed E-state index contributed by atoms with van der Waals surface area (Å²) < 4.78 is 56.1. The second-order valence-electron chi connectivity index (χ2n) is 12.5. The lowest BCUT2D eigenvalue weighted by atomic mass is 9.72. The van der Waals surface area contributed by atoms with Crippen LogP contribution in [0.2, 0.25) is 0 Å². The van der Waals surface area contributed by atoms with Crippen LogP contribution in [-0.4, -0.2) is 80.4 Å². The van der Waals surface area contributed by atoms with Crippen LogP contribution < -0.4 is 14.9 Å². The van der Waals surface area contributed by atoms with Gasteiger partial charge in [0.25, 0.3) is 0 Å². The smallest absolute Gasteiger partial charge is 0.242 e. The van der Waals surface area contributed by atoms with Crippen molar-refractivity contribution >= 4 is 33.3 Å². The van der Waals surface area contributed by atoms with E-state index >= 15 is 4.39 Å². The van der Waals surface area contributed by atoms with E-state index in [-0.39, 0.29) is 24.2 Å². The minimum Gasteiger partial charge on any atom is -0.351 e. The fourth-order valence-corrected chi connectivity index (χ4v) is 7.86. The minimum atomic E-state index is -3.98. The van der Waals surface area contributed by atoms with E-state index in [0.29, 0.717) is 42.0 Å². The molecule has 1 amide bonds. The summed E-state index contributed by atoms with van der Waals surface area (Å²) in [6, 6.07) is 9.91. The summed E-state index contributed by atoms with van der Waals surface area (Å²) in [5.41, 5.74) is 1.06. The van der Waals surface area contributed by atoms with E-state index in [1.54, 1.807) is 6.20 Å². The van der Waals surface area contributed by atoms with Gasteiger partial charge in [-0.2, -0.15) is 0 Å². The Morgan fingerprint density at radius 3 is 2.39 bits per heavy atom. The highest BCUT2D eigenvalue weighted by atomic mass is 32.2. The molecule has 6 rings (SSSR count). The van der Waals surface area contributed by atoms with E-state index in [4.69, 9.17) is 4.98 Å². The Labute approximate surface area is 256 Å². The van der Waals surface area contributed by atoms with Crippen molar-refractivity contribution in [1.29, 1.82) is 0 Å². The maximum Gasteiger partial charge on any atom is 0.242 e. The number of carbonyl (C=O) groups is 1. The molecule has 234 valence electrons. The first-order valence-corrected chi connectivity index (χ1v) is 16.4. The molecule has 0 radical (unpaired) electrons. The number of nitrogens with zero attached hydrogens (tertiary/aromatic N) is 5. The van der Waals surface area contributed by atoms with E-state index < -0.39 is 32.8 Å². The molecule has 0 unspecified atom stereocenters. The van der Waals surface area contributed by atoms with Gasteiger partial charge in [-0.3, -0.25) is 9.52 Å². The molecule has 0 atom stereocenters. The van der Waals surface area contributed by atoms with Gasteiger partial charge in [-0.25, -0.2) is 27.2 Å². The number of likely N-dealkylation sites (tertiary alicyclic amines) is 1. The third kappa shape index (κ3) is 6.00. The number of hydrogen-bond acceptors (Lipinski definition) is 8. The molecular weight excluding hydrogens is 588 g/mol. The van der Waals surface area contributed by atoms with Gasteiger partial charge in [0.05, 0.1) is 23.7 Å². The molecule has 2 N–H and O–H groups in total. The Morgan fingerprint density at radius 1 is 1.05 bits per heavy atom. The number of rotatable bonds is 8. The van der Waals surface area contributed by atoms with Crippen LogP contribution in [-0.2, 0) is 32.5 Å². The summed E-state index contributed by atoms with van der Waals surface area (Å²) in [7, 11) is 2.19. The summed E-state index contributed by atoms with van der Waals surface area (Å²) in [6.45, 7) is 1.12. The first-order valence-electron chi connectivity index (χ1n) is 14.8. The molecule has 1 spiro atoms. The van der Waals surface area contributed by atoms with E-state index in [0.717, 1.165) is 37.3 Å². The number of hydrogen-bond donors (Lipinski definition) is 2. The van der Waals surface area contributed by atoms with Crippen molar-refractivity contribution < 1.29 is 22.0 Å². The summed E-state index contributed by atoms with van der Waals surface area (Å²) in [4.78, 5) is 29.4. The van der Waals surface area contributed by atoms with E-state index in [1.807, 2.05) is 11.9 Å². The van der Waals surface area contributed by atoms with Gasteiger partial charge in [0.15, 0.2) is 0 Å². The van der Waals surface area contributed by atoms with Crippen molar-refractivity contribution in [2.24, 2.45) is 0 Å². The summed E-state index contributed by atoms with van der Waals surface area (Å²) in [5.74, 6) is -1.39. The van der Waals surface area contributed by atoms with Crippen molar-refractivity contribution in [2.45, 2.75) is 55.5 Å². The maximum atomic E-state index is 15.3. The second kappa shape index (κ2) is 11.7. The summed E-state index contributed by atoms with van der Waals surface area (Å²) >= 11 is 0. The molecule has 1 saturated carbocycles. The lowest BCUT2D eigenvalue weighted by Crippen LogP contribution is -2.68. The van der Waals surface area contributed by atoms with Crippen molar-refractivity contribution in [1.82, 2.24) is 19.8 Å². The first kappa shape index (κ1) is 30.4. The molecule has 44 heavy (non-hydrogen) atoms. The molecule has 2 fully saturated rings. The Morgan fingerprint density at radius 2 is 1.75 bits per heavy atom. The molecule has 3 aromatic rings. The summed E-state index contributed by atoms with van der Waals surface area (Å²) in [6.07, 6.45) is 6.00. The standard InChI is InChI=1S/C31H37F2N7O3S/c1-38(2)24-10-8-23(9-11-24)35-30-34-15-21-16-40(29(41)31(28(21)36-30)18-39(3)19-31)25-12-13-27(26(33)14-25)37-44(42,43)17-20-4-6-22(32)7-5-20/h4-7,12-15,23-24,37H,8-11,16-19H2,1-3H3,(H,34,35,36). The molecule has 10 nitrogen and oxygen atoms in total. The highest BCUT2D eigenvalue weighted by Gasteiger charge is 2.56. The lowest BCUT2D eigenvalue weighted by Gasteiger charge is -2.51. The van der Waals surface area contributed by atoms with Crippen molar-refractivity contribution in [3.05, 3.63) is 77.1 Å². The van der Waals surface area contributed by atoms with Gasteiger partial charge >= 0.3 is 0 Å². The Bertz CT molecular complexity index is 1660. The topological polar surface area (TPSA) is 111 Å². The first-order chi connectivity index (χ1) is 20.9. The van der Waals surface area contributed by atoms with Crippen molar-refractivity contribution in [2.75, 3.05) is 49.2 Å². The van der Waals surface area contributed by atoms with E-state index in [1.165, 1.54) is 41.3 Å². The van der Waals surface area contributed by atoms with E-state index in [9.17, 15) is 17.6 Å². The zero-order valence-electron chi connectivity index (χ0n) is 25.1. The van der Waals surface area contributed by atoms with Gasteiger partial charge in [0.1, 0.15) is 17.0 Å². The minimum absolute atomic E-state index is 0.170.